The molecule has 0 saturated heterocycles. The van der Waals surface area contributed by atoms with Gasteiger partial charge in [0, 0.05) is 11.5 Å². The van der Waals surface area contributed by atoms with E-state index in [0.717, 1.165) is 31.7 Å². The van der Waals surface area contributed by atoms with Crippen molar-refractivity contribution in [3.63, 3.8) is 0 Å². The zero-order chi connectivity index (χ0) is 16.6. The van der Waals surface area contributed by atoms with E-state index in [1.165, 1.54) is 19.6 Å². The quantitative estimate of drug-likeness (QED) is 0.890. The summed E-state index contributed by atoms with van der Waals surface area (Å²) >= 11 is 0. The van der Waals surface area contributed by atoms with E-state index >= 15 is 0 Å². The highest BCUT2D eigenvalue weighted by Gasteiger charge is 2.49. The second-order valence-electron chi connectivity index (χ2n) is 7.00. The van der Waals surface area contributed by atoms with E-state index in [9.17, 15) is 18.7 Å². The number of hydrogen-bond acceptors (Lipinski definition) is 2. The maximum Gasteiger partial charge on any atom is 0.307 e. The highest BCUT2D eigenvalue weighted by atomic mass is 19.2. The van der Waals surface area contributed by atoms with Gasteiger partial charge in [0.05, 0.1) is 13.0 Å². The molecule has 1 aromatic rings. The number of methoxy groups -OCH3 is 1. The molecule has 0 amide bonds. The van der Waals surface area contributed by atoms with E-state index in [0.29, 0.717) is 18.4 Å². The molecule has 0 aromatic heterocycles. The van der Waals surface area contributed by atoms with Crippen molar-refractivity contribution < 1.29 is 23.4 Å². The number of rotatable bonds is 3. The van der Waals surface area contributed by atoms with Gasteiger partial charge in [-0.25, -0.2) is 4.39 Å². The van der Waals surface area contributed by atoms with Crippen LogP contribution in [0.4, 0.5) is 8.78 Å². The summed E-state index contributed by atoms with van der Waals surface area (Å²) in [6, 6.07) is 2.55. The number of carbonyl (C=O) groups is 1. The summed E-state index contributed by atoms with van der Waals surface area (Å²) in [7, 11) is 1.29. The van der Waals surface area contributed by atoms with Gasteiger partial charge in [0.25, 0.3) is 0 Å². The molecule has 3 nitrogen and oxygen atoms in total. The summed E-state index contributed by atoms with van der Waals surface area (Å²) in [6.45, 7) is 0. The Kier molecular flexibility index (Phi) is 4.30. The van der Waals surface area contributed by atoms with Crippen molar-refractivity contribution in [3.8, 4) is 5.75 Å². The van der Waals surface area contributed by atoms with E-state index in [2.05, 4.69) is 0 Å². The number of halogens is 2. The normalized spacial score (nSPS) is 26.4. The Morgan fingerprint density at radius 1 is 1.22 bits per heavy atom. The number of benzene rings is 1. The summed E-state index contributed by atoms with van der Waals surface area (Å²) in [6.07, 6.45) is 6.82. The Labute approximate surface area is 134 Å². The first-order chi connectivity index (χ1) is 11.0. The van der Waals surface area contributed by atoms with Crippen molar-refractivity contribution in [1.29, 1.82) is 0 Å². The topological polar surface area (TPSA) is 46.5 Å². The molecular weight excluding hydrogens is 302 g/mol. The van der Waals surface area contributed by atoms with Gasteiger partial charge in [-0.05, 0) is 37.2 Å². The average Bonchev–Trinajstić information content (AvgIpc) is 2.90. The summed E-state index contributed by atoms with van der Waals surface area (Å²) in [4.78, 5) is 11.8. The van der Waals surface area contributed by atoms with E-state index in [-0.39, 0.29) is 17.1 Å². The summed E-state index contributed by atoms with van der Waals surface area (Å²) in [5.41, 5.74) is 0.517. The Hall–Kier alpha value is -1.65. The van der Waals surface area contributed by atoms with Crippen LogP contribution in [0.1, 0.15) is 56.4 Å². The number of aliphatic carboxylic acids is 1. The Morgan fingerprint density at radius 3 is 2.52 bits per heavy atom. The second-order valence-corrected chi connectivity index (χ2v) is 7.00. The fraction of sp³-hybridized carbons (Fsp3) is 0.611. The molecule has 1 N–H and O–H groups in total. The van der Waals surface area contributed by atoms with Crippen molar-refractivity contribution >= 4 is 5.97 Å². The van der Waals surface area contributed by atoms with Crippen LogP contribution in [0.3, 0.4) is 0 Å². The van der Waals surface area contributed by atoms with Crippen LogP contribution in [0.5, 0.6) is 5.75 Å². The first kappa shape index (κ1) is 16.2. The van der Waals surface area contributed by atoms with Crippen molar-refractivity contribution in [1.82, 2.24) is 0 Å². The van der Waals surface area contributed by atoms with Crippen molar-refractivity contribution in [2.45, 2.75) is 50.9 Å². The predicted octanol–water partition coefficient (Wildman–Crippen LogP) is 4.50. The van der Waals surface area contributed by atoms with Gasteiger partial charge in [-0.1, -0.05) is 25.3 Å². The van der Waals surface area contributed by atoms with Crippen molar-refractivity contribution in [2.75, 3.05) is 7.11 Å². The first-order valence-electron chi connectivity index (χ1n) is 8.22. The molecule has 1 spiro atoms. The predicted molar refractivity (Wildman–Crippen MR) is 81.5 cm³/mol. The van der Waals surface area contributed by atoms with E-state index < -0.39 is 23.5 Å². The minimum absolute atomic E-state index is 0.0296. The van der Waals surface area contributed by atoms with Gasteiger partial charge in [0.2, 0.25) is 5.82 Å². The molecule has 2 aliphatic carbocycles. The summed E-state index contributed by atoms with van der Waals surface area (Å²) in [5.74, 6) is -3.89. The maximum absolute atomic E-state index is 14.0. The van der Waals surface area contributed by atoms with E-state index in [4.69, 9.17) is 4.74 Å². The molecule has 3 rings (SSSR count). The van der Waals surface area contributed by atoms with Crippen LogP contribution < -0.4 is 4.74 Å². The van der Waals surface area contributed by atoms with Crippen molar-refractivity contribution in [2.24, 2.45) is 11.3 Å². The van der Waals surface area contributed by atoms with E-state index in [1.54, 1.807) is 0 Å². The van der Waals surface area contributed by atoms with Gasteiger partial charge in [-0.15, -0.1) is 0 Å². The molecule has 2 aliphatic rings. The van der Waals surface area contributed by atoms with Crippen molar-refractivity contribution in [3.05, 3.63) is 29.3 Å². The molecule has 126 valence electrons. The zero-order valence-electron chi connectivity index (χ0n) is 13.3. The molecule has 23 heavy (non-hydrogen) atoms. The lowest BCUT2D eigenvalue weighted by molar-refractivity contribution is -0.142. The van der Waals surface area contributed by atoms with Gasteiger partial charge >= 0.3 is 5.97 Å². The lowest BCUT2D eigenvalue weighted by atomic mass is 9.72. The number of hydrogen-bond donors (Lipinski definition) is 1. The number of carboxylic acids is 1. The van der Waals surface area contributed by atoms with Gasteiger partial charge in [0.15, 0.2) is 11.6 Å². The maximum atomic E-state index is 14.0. The molecular formula is C18H22F2O3. The SMILES string of the molecule is COc1c(C2CC3(CCCCC3)CC2C(=O)O)ccc(F)c1F. The number of carboxylic acid groups (broad SMARTS) is 1. The monoisotopic (exact) mass is 324 g/mol. The molecule has 0 aliphatic heterocycles. The lowest BCUT2D eigenvalue weighted by Crippen LogP contribution is -2.22. The summed E-state index contributed by atoms with van der Waals surface area (Å²) < 4.78 is 32.6. The Bertz CT molecular complexity index is 609. The Morgan fingerprint density at radius 2 is 1.91 bits per heavy atom. The van der Waals surface area contributed by atoms with Crippen LogP contribution >= 0.6 is 0 Å². The van der Waals surface area contributed by atoms with Crippen LogP contribution in [0, 0.1) is 23.0 Å². The van der Waals surface area contributed by atoms with Crippen LogP contribution in [0.2, 0.25) is 0 Å². The third-order valence-corrected chi connectivity index (χ3v) is 5.71. The molecule has 2 fully saturated rings. The molecule has 2 unspecified atom stereocenters. The molecule has 0 heterocycles. The fourth-order valence-corrected chi connectivity index (χ4v) is 4.64. The third-order valence-electron chi connectivity index (χ3n) is 5.71. The highest BCUT2D eigenvalue weighted by Crippen LogP contribution is 2.58. The standard InChI is InChI=1S/C18H22F2O3/c1-23-16-11(5-6-14(19)15(16)20)12-9-18(7-3-2-4-8-18)10-13(12)17(21)22/h5-6,12-13H,2-4,7-10H2,1H3,(H,21,22). The molecule has 2 atom stereocenters. The molecule has 5 heteroatoms. The summed E-state index contributed by atoms with van der Waals surface area (Å²) in [5, 5.41) is 9.64. The van der Waals surface area contributed by atoms with Gasteiger partial charge in [-0.2, -0.15) is 4.39 Å². The Balaban J connectivity index is 2.00. The largest absolute Gasteiger partial charge is 0.493 e. The van der Waals surface area contributed by atoms with Gasteiger partial charge in [0.1, 0.15) is 0 Å². The molecule has 1 aromatic carbocycles. The minimum Gasteiger partial charge on any atom is -0.493 e. The lowest BCUT2D eigenvalue weighted by Gasteiger charge is -2.33. The molecule has 0 bridgehead atoms. The van der Waals surface area contributed by atoms with Gasteiger partial charge < -0.3 is 9.84 Å². The van der Waals surface area contributed by atoms with Crippen LogP contribution in [-0.4, -0.2) is 18.2 Å². The average molecular weight is 324 g/mol. The van der Waals surface area contributed by atoms with Crippen LogP contribution in [0.25, 0.3) is 0 Å². The number of ether oxygens (including phenoxy) is 1. The molecule has 2 saturated carbocycles. The molecule has 0 radical (unpaired) electrons. The first-order valence-corrected chi connectivity index (χ1v) is 8.22. The van der Waals surface area contributed by atoms with Gasteiger partial charge in [-0.3, -0.25) is 4.79 Å². The smallest absolute Gasteiger partial charge is 0.307 e. The third kappa shape index (κ3) is 2.81. The van der Waals surface area contributed by atoms with E-state index in [1.807, 2.05) is 0 Å². The van der Waals surface area contributed by atoms with Crippen LogP contribution in [0.15, 0.2) is 12.1 Å². The zero-order valence-corrected chi connectivity index (χ0v) is 13.3. The fourth-order valence-electron chi connectivity index (χ4n) is 4.64. The highest BCUT2D eigenvalue weighted by molar-refractivity contribution is 5.72. The minimum atomic E-state index is -1.03. The van der Waals surface area contributed by atoms with Crippen LogP contribution in [-0.2, 0) is 4.79 Å². The second kappa shape index (κ2) is 6.10.